The van der Waals surface area contributed by atoms with E-state index in [-0.39, 0.29) is 24.0 Å². The second kappa shape index (κ2) is 12.7. The summed E-state index contributed by atoms with van der Waals surface area (Å²) in [6, 6.07) is 0. The third kappa shape index (κ3) is 9.80. The van der Waals surface area contributed by atoms with Gasteiger partial charge in [0, 0.05) is 19.7 Å². The van der Waals surface area contributed by atoms with Crippen LogP contribution in [0.25, 0.3) is 0 Å². The predicted octanol–water partition coefficient (Wildman–Crippen LogP) is 3.16. The maximum Gasteiger partial charge on any atom is 0.191 e. The highest BCUT2D eigenvalue weighted by Gasteiger charge is 2.14. The van der Waals surface area contributed by atoms with Gasteiger partial charge in [0.15, 0.2) is 5.96 Å². The number of nitrogens with zero attached hydrogens (tertiary/aromatic N) is 1. The first-order chi connectivity index (χ1) is 9.22. The molecule has 20 heavy (non-hydrogen) atoms. The lowest BCUT2D eigenvalue weighted by atomic mass is 10.1. The number of hydrogen-bond donors (Lipinski definition) is 2. The Morgan fingerprint density at radius 2 is 2.10 bits per heavy atom. The molecule has 0 radical (unpaired) electrons. The molecule has 1 aliphatic heterocycles. The van der Waals surface area contributed by atoms with E-state index < -0.39 is 0 Å². The Morgan fingerprint density at radius 3 is 2.70 bits per heavy atom. The average molecular weight is 397 g/mol. The summed E-state index contributed by atoms with van der Waals surface area (Å²) in [6.07, 6.45) is 6.47. The SMILES string of the molecule is CCNC(=NCC1CCCO1)NCCCCC(C)C.I. The molecule has 0 aromatic heterocycles. The second-order valence-corrected chi connectivity index (χ2v) is 5.67. The van der Waals surface area contributed by atoms with Crippen molar-refractivity contribution in [2.24, 2.45) is 10.9 Å². The number of hydrogen-bond acceptors (Lipinski definition) is 2. The zero-order valence-electron chi connectivity index (χ0n) is 13.3. The third-order valence-corrected chi connectivity index (χ3v) is 3.32. The number of nitrogens with one attached hydrogen (secondary N) is 2. The molecule has 5 heteroatoms. The van der Waals surface area contributed by atoms with Gasteiger partial charge in [-0.1, -0.05) is 26.7 Å². The summed E-state index contributed by atoms with van der Waals surface area (Å²) >= 11 is 0. The molecule has 1 saturated heterocycles. The quantitative estimate of drug-likeness (QED) is 0.286. The van der Waals surface area contributed by atoms with Crippen molar-refractivity contribution in [2.45, 2.75) is 59.0 Å². The normalized spacial score (nSPS) is 19.0. The van der Waals surface area contributed by atoms with Gasteiger partial charge in [-0.3, -0.25) is 4.99 Å². The summed E-state index contributed by atoms with van der Waals surface area (Å²) in [4.78, 5) is 4.60. The molecule has 0 bridgehead atoms. The summed E-state index contributed by atoms with van der Waals surface area (Å²) in [6.45, 7) is 10.2. The molecule has 120 valence electrons. The van der Waals surface area contributed by atoms with Crippen LogP contribution in [-0.4, -0.2) is 38.3 Å². The maximum atomic E-state index is 5.59. The van der Waals surface area contributed by atoms with Gasteiger partial charge in [0.1, 0.15) is 0 Å². The molecule has 0 saturated carbocycles. The number of unbranched alkanes of at least 4 members (excludes halogenated alkanes) is 1. The van der Waals surface area contributed by atoms with E-state index in [4.69, 9.17) is 4.74 Å². The number of rotatable bonds is 8. The van der Waals surface area contributed by atoms with Gasteiger partial charge in [-0.2, -0.15) is 0 Å². The van der Waals surface area contributed by atoms with Crippen molar-refractivity contribution >= 4 is 29.9 Å². The van der Waals surface area contributed by atoms with E-state index in [0.717, 1.165) is 44.5 Å². The Morgan fingerprint density at radius 1 is 1.30 bits per heavy atom. The van der Waals surface area contributed by atoms with Gasteiger partial charge >= 0.3 is 0 Å². The highest BCUT2D eigenvalue weighted by Crippen LogP contribution is 2.11. The smallest absolute Gasteiger partial charge is 0.191 e. The topological polar surface area (TPSA) is 45.7 Å². The molecule has 4 nitrogen and oxygen atoms in total. The molecule has 1 unspecified atom stereocenters. The molecule has 0 amide bonds. The molecule has 1 heterocycles. The van der Waals surface area contributed by atoms with E-state index in [9.17, 15) is 0 Å². The van der Waals surface area contributed by atoms with Crippen molar-refractivity contribution in [3.05, 3.63) is 0 Å². The fourth-order valence-corrected chi connectivity index (χ4v) is 2.21. The van der Waals surface area contributed by atoms with Crippen molar-refractivity contribution in [1.82, 2.24) is 10.6 Å². The second-order valence-electron chi connectivity index (χ2n) is 5.67. The van der Waals surface area contributed by atoms with Crippen molar-refractivity contribution in [3.63, 3.8) is 0 Å². The zero-order valence-corrected chi connectivity index (χ0v) is 15.6. The van der Waals surface area contributed by atoms with Crippen LogP contribution in [0.1, 0.15) is 52.9 Å². The standard InChI is InChI=1S/C15H31N3O.HI/c1-4-16-15(17-10-6-5-8-13(2)3)18-12-14-9-7-11-19-14;/h13-14H,4-12H2,1-3H3,(H2,16,17,18);1H. The first-order valence-corrected chi connectivity index (χ1v) is 7.86. The highest BCUT2D eigenvalue weighted by molar-refractivity contribution is 14.0. The molecule has 0 aromatic rings. The number of aliphatic imine (C=N–C) groups is 1. The largest absolute Gasteiger partial charge is 0.376 e. The van der Waals surface area contributed by atoms with Gasteiger partial charge < -0.3 is 15.4 Å². The van der Waals surface area contributed by atoms with Gasteiger partial charge in [-0.15, -0.1) is 24.0 Å². The fraction of sp³-hybridized carbons (Fsp3) is 0.933. The predicted molar refractivity (Wildman–Crippen MR) is 97.1 cm³/mol. The Kier molecular flexibility index (Phi) is 12.7. The summed E-state index contributed by atoms with van der Waals surface area (Å²) < 4.78 is 5.59. The van der Waals surface area contributed by atoms with Gasteiger partial charge in [0.25, 0.3) is 0 Å². The number of ether oxygens (including phenoxy) is 1. The first-order valence-electron chi connectivity index (χ1n) is 7.86. The fourth-order valence-electron chi connectivity index (χ4n) is 2.21. The first kappa shape index (κ1) is 20.0. The van der Waals surface area contributed by atoms with E-state index >= 15 is 0 Å². The lowest BCUT2D eigenvalue weighted by Gasteiger charge is -2.13. The molecule has 1 aliphatic rings. The van der Waals surface area contributed by atoms with Crippen LogP contribution in [0.4, 0.5) is 0 Å². The highest BCUT2D eigenvalue weighted by atomic mass is 127. The van der Waals surface area contributed by atoms with Crippen molar-refractivity contribution < 1.29 is 4.74 Å². The van der Waals surface area contributed by atoms with E-state index in [0.29, 0.717) is 6.10 Å². The lowest BCUT2D eigenvalue weighted by Crippen LogP contribution is -2.38. The minimum atomic E-state index is 0. The van der Waals surface area contributed by atoms with Crippen LogP contribution in [0.5, 0.6) is 0 Å². The maximum absolute atomic E-state index is 5.59. The summed E-state index contributed by atoms with van der Waals surface area (Å²) in [5, 5.41) is 6.69. The molecular weight excluding hydrogens is 365 g/mol. The van der Waals surface area contributed by atoms with Gasteiger partial charge in [0.2, 0.25) is 0 Å². The van der Waals surface area contributed by atoms with Crippen LogP contribution in [0.3, 0.4) is 0 Å². The Labute approximate surface area is 141 Å². The van der Waals surface area contributed by atoms with Gasteiger partial charge in [-0.25, -0.2) is 0 Å². The van der Waals surface area contributed by atoms with Crippen LogP contribution in [-0.2, 0) is 4.74 Å². The number of halogens is 1. The molecule has 0 spiro atoms. The molecule has 1 atom stereocenters. The van der Waals surface area contributed by atoms with Crippen LogP contribution in [0.2, 0.25) is 0 Å². The van der Waals surface area contributed by atoms with E-state index in [2.05, 4.69) is 36.4 Å². The number of guanidine groups is 1. The molecule has 0 aliphatic carbocycles. The molecule has 2 N–H and O–H groups in total. The third-order valence-electron chi connectivity index (χ3n) is 3.32. The zero-order chi connectivity index (χ0) is 13.9. The summed E-state index contributed by atoms with van der Waals surface area (Å²) in [7, 11) is 0. The van der Waals surface area contributed by atoms with E-state index in [1.807, 2.05) is 0 Å². The van der Waals surface area contributed by atoms with Crippen LogP contribution in [0.15, 0.2) is 4.99 Å². The molecular formula is C15H32IN3O. The molecule has 0 aromatic carbocycles. The average Bonchev–Trinajstić information content (AvgIpc) is 2.88. The summed E-state index contributed by atoms with van der Waals surface area (Å²) in [5.74, 6) is 1.74. The minimum absolute atomic E-state index is 0. The van der Waals surface area contributed by atoms with Crippen molar-refractivity contribution in [1.29, 1.82) is 0 Å². The lowest BCUT2D eigenvalue weighted by molar-refractivity contribution is 0.117. The van der Waals surface area contributed by atoms with E-state index in [1.165, 1.54) is 25.7 Å². The van der Waals surface area contributed by atoms with E-state index in [1.54, 1.807) is 0 Å². The monoisotopic (exact) mass is 397 g/mol. The molecule has 1 rings (SSSR count). The Balaban J connectivity index is 0.00000361. The molecule has 1 fully saturated rings. The Bertz CT molecular complexity index is 254. The van der Waals surface area contributed by atoms with Crippen LogP contribution >= 0.6 is 24.0 Å². The van der Waals surface area contributed by atoms with Gasteiger partial charge in [-0.05, 0) is 32.1 Å². The van der Waals surface area contributed by atoms with Crippen LogP contribution in [0, 0.1) is 5.92 Å². The van der Waals surface area contributed by atoms with Gasteiger partial charge in [0.05, 0.1) is 12.6 Å². The summed E-state index contributed by atoms with van der Waals surface area (Å²) in [5.41, 5.74) is 0. The minimum Gasteiger partial charge on any atom is -0.376 e. The Hall–Kier alpha value is -0.0400. The van der Waals surface area contributed by atoms with Crippen LogP contribution < -0.4 is 10.6 Å². The van der Waals surface area contributed by atoms with Crippen molar-refractivity contribution in [2.75, 3.05) is 26.2 Å². The van der Waals surface area contributed by atoms with Crippen molar-refractivity contribution in [3.8, 4) is 0 Å².